The third kappa shape index (κ3) is 4.48. The lowest BCUT2D eigenvalue weighted by Crippen LogP contribution is -2.38. The minimum Gasteiger partial charge on any atom is -0.493 e. The molecule has 0 radical (unpaired) electrons. The molecule has 27 heavy (non-hydrogen) atoms. The molecule has 2 N–H and O–H groups in total. The molecule has 2 unspecified atom stereocenters. The van der Waals surface area contributed by atoms with E-state index in [1.165, 1.54) is 0 Å². The number of nitrogens with zero attached hydrogens (tertiary/aromatic N) is 3. The van der Waals surface area contributed by atoms with E-state index < -0.39 is 11.3 Å². The zero-order chi connectivity index (χ0) is 19.4. The van der Waals surface area contributed by atoms with Gasteiger partial charge in [0, 0.05) is 31.1 Å². The van der Waals surface area contributed by atoms with Crippen LogP contribution in [0.15, 0.2) is 18.5 Å². The van der Waals surface area contributed by atoms with Crippen LogP contribution in [0.25, 0.3) is 10.9 Å². The van der Waals surface area contributed by atoms with Gasteiger partial charge in [0.25, 0.3) is 0 Å². The van der Waals surface area contributed by atoms with Crippen molar-refractivity contribution in [1.29, 1.82) is 0 Å². The third-order valence-electron chi connectivity index (χ3n) is 5.29. The highest BCUT2D eigenvalue weighted by Gasteiger charge is 2.26. The molecule has 1 aliphatic heterocycles. The summed E-state index contributed by atoms with van der Waals surface area (Å²) in [6.07, 6.45) is 3.61. The molecule has 3 rings (SSSR count). The standard InChI is InChI=1S/C18H26N4O4S/c1-12(10-21-27(23)24)13-4-6-22(7-5-13)18-14-8-16(25-2)17(26-3)9-15(14)19-11-20-18/h8-9,11-13,21H,4-7,10H2,1-3H3,(H,23,24). The largest absolute Gasteiger partial charge is 0.493 e. The molecule has 1 aromatic heterocycles. The molecule has 148 valence electrons. The number of fused-ring (bicyclic) bond motifs is 1. The predicted octanol–water partition coefficient (Wildman–Crippen LogP) is 2.23. The van der Waals surface area contributed by atoms with E-state index in [-0.39, 0.29) is 0 Å². The Labute approximate surface area is 161 Å². The summed E-state index contributed by atoms with van der Waals surface area (Å²) in [5, 5.41) is 0.944. The number of hydrogen-bond acceptors (Lipinski definition) is 6. The average Bonchev–Trinajstić information content (AvgIpc) is 2.70. The van der Waals surface area contributed by atoms with Crippen LogP contribution in [-0.2, 0) is 11.3 Å². The first-order valence-corrected chi connectivity index (χ1v) is 10.1. The lowest BCUT2D eigenvalue weighted by atomic mass is 9.85. The van der Waals surface area contributed by atoms with E-state index in [0.29, 0.717) is 29.9 Å². The van der Waals surface area contributed by atoms with E-state index in [9.17, 15) is 4.21 Å². The number of benzene rings is 1. The van der Waals surface area contributed by atoms with E-state index in [2.05, 4.69) is 26.5 Å². The number of anilines is 1. The van der Waals surface area contributed by atoms with Crippen molar-refractivity contribution >= 4 is 28.0 Å². The number of nitrogens with one attached hydrogen (secondary N) is 1. The number of methoxy groups -OCH3 is 2. The van der Waals surface area contributed by atoms with E-state index in [1.807, 2.05) is 12.1 Å². The van der Waals surface area contributed by atoms with Crippen molar-refractivity contribution in [3.63, 3.8) is 0 Å². The molecule has 9 heteroatoms. The molecule has 2 atom stereocenters. The van der Waals surface area contributed by atoms with Crippen LogP contribution >= 0.6 is 0 Å². The van der Waals surface area contributed by atoms with Crippen LogP contribution in [0.3, 0.4) is 0 Å². The summed E-state index contributed by atoms with van der Waals surface area (Å²) in [5.41, 5.74) is 0.822. The van der Waals surface area contributed by atoms with E-state index >= 15 is 0 Å². The molecule has 8 nitrogen and oxygen atoms in total. The van der Waals surface area contributed by atoms with Crippen LogP contribution in [-0.4, -0.2) is 52.6 Å². The Morgan fingerprint density at radius 2 is 1.93 bits per heavy atom. The molecule has 1 aromatic carbocycles. The van der Waals surface area contributed by atoms with Crippen molar-refractivity contribution in [2.24, 2.45) is 11.8 Å². The van der Waals surface area contributed by atoms with Gasteiger partial charge < -0.3 is 14.4 Å². The summed E-state index contributed by atoms with van der Waals surface area (Å²) >= 11 is -1.95. The van der Waals surface area contributed by atoms with E-state index in [0.717, 1.165) is 42.7 Å². The van der Waals surface area contributed by atoms with Gasteiger partial charge in [-0.15, -0.1) is 0 Å². The van der Waals surface area contributed by atoms with Crippen LogP contribution in [0.1, 0.15) is 19.8 Å². The first-order valence-electron chi connectivity index (χ1n) is 8.99. The summed E-state index contributed by atoms with van der Waals surface area (Å²) in [6.45, 7) is 4.44. The van der Waals surface area contributed by atoms with Gasteiger partial charge >= 0.3 is 0 Å². The van der Waals surface area contributed by atoms with E-state index in [4.69, 9.17) is 14.0 Å². The highest BCUT2D eigenvalue weighted by atomic mass is 32.2. The lowest BCUT2D eigenvalue weighted by Gasteiger charge is -2.35. The average molecular weight is 394 g/mol. The number of ether oxygens (including phenoxy) is 2. The van der Waals surface area contributed by atoms with Crippen LogP contribution < -0.4 is 19.1 Å². The first-order chi connectivity index (χ1) is 13.0. The first kappa shape index (κ1) is 19.8. The summed E-state index contributed by atoms with van der Waals surface area (Å²) < 4.78 is 33.1. The Morgan fingerprint density at radius 3 is 2.56 bits per heavy atom. The molecule has 2 heterocycles. The van der Waals surface area contributed by atoms with Crippen molar-refractivity contribution in [1.82, 2.24) is 14.7 Å². The maximum Gasteiger partial charge on any atom is 0.231 e. The summed E-state index contributed by atoms with van der Waals surface area (Å²) in [5.74, 6) is 3.07. The van der Waals surface area contributed by atoms with Crippen LogP contribution in [0.5, 0.6) is 11.5 Å². The molecule has 1 fully saturated rings. The second-order valence-electron chi connectivity index (χ2n) is 6.82. The highest BCUT2D eigenvalue weighted by molar-refractivity contribution is 7.77. The molecule has 0 bridgehead atoms. The van der Waals surface area contributed by atoms with Crippen LogP contribution in [0, 0.1) is 11.8 Å². The van der Waals surface area contributed by atoms with Gasteiger partial charge in [-0.25, -0.2) is 18.9 Å². The third-order valence-corrected chi connectivity index (χ3v) is 5.71. The number of aromatic nitrogens is 2. The molecule has 0 spiro atoms. The molecular weight excluding hydrogens is 368 g/mol. The maximum absolute atomic E-state index is 10.8. The van der Waals surface area contributed by atoms with Crippen molar-refractivity contribution in [2.75, 3.05) is 38.8 Å². The molecule has 1 saturated heterocycles. The molecule has 0 aliphatic carbocycles. The lowest BCUT2D eigenvalue weighted by molar-refractivity contribution is 0.292. The predicted molar refractivity (Wildman–Crippen MR) is 106 cm³/mol. The van der Waals surface area contributed by atoms with Crippen molar-refractivity contribution in [2.45, 2.75) is 19.8 Å². The zero-order valence-corrected chi connectivity index (χ0v) is 16.7. The molecule has 2 aromatic rings. The summed E-state index contributed by atoms with van der Waals surface area (Å²) in [4.78, 5) is 11.2. The molecule has 0 amide bonds. The van der Waals surface area contributed by atoms with Crippen LogP contribution in [0.4, 0.5) is 5.82 Å². The van der Waals surface area contributed by atoms with Gasteiger partial charge in [-0.1, -0.05) is 6.92 Å². The SMILES string of the molecule is COc1cc2ncnc(N3CCC(C(C)CNS(=O)O)CC3)c2cc1OC. The van der Waals surface area contributed by atoms with Gasteiger partial charge in [0.1, 0.15) is 12.1 Å². The Balaban J connectivity index is 1.76. The monoisotopic (exact) mass is 394 g/mol. The second-order valence-corrected chi connectivity index (χ2v) is 7.61. The highest BCUT2D eigenvalue weighted by Crippen LogP contribution is 2.36. The van der Waals surface area contributed by atoms with Gasteiger partial charge in [-0.3, -0.25) is 4.55 Å². The second kappa shape index (κ2) is 8.81. The Bertz CT molecular complexity index is 811. The summed E-state index contributed by atoms with van der Waals surface area (Å²) in [6, 6.07) is 3.80. The van der Waals surface area contributed by atoms with Crippen LogP contribution in [0.2, 0.25) is 0 Å². The zero-order valence-electron chi connectivity index (χ0n) is 15.8. The Hall–Kier alpha value is -1.97. The fourth-order valence-electron chi connectivity index (χ4n) is 3.67. The summed E-state index contributed by atoms with van der Waals surface area (Å²) in [7, 11) is 3.23. The topological polar surface area (TPSA) is 96.8 Å². The minimum atomic E-state index is -1.95. The quantitative estimate of drug-likeness (QED) is 0.695. The molecular formula is C18H26N4O4S. The smallest absolute Gasteiger partial charge is 0.231 e. The number of piperidine rings is 1. The van der Waals surface area contributed by atoms with Crippen molar-refractivity contribution < 1.29 is 18.2 Å². The van der Waals surface area contributed by atoms with Gasteiger partial charge in [-0.05, 0) is 30.7 Å². The molecule has 1 aliphatic rings. The van der Waals surface area contributed by atoms with Crippen molar-refractivity contribution in [3.05, 3.63) is 18.5 Å². The minimum absolute atomic E-state index is 0.342. The van der Waals surface area contributed by atoms with Gasteiger partial charge in [0.15, 0.2) is 11.5 Å². The van der Waals surface area contributed by atoms with Crippen molar-refractivity contribution in [3.8, 4) is 11.5 Å². The maximum atomic E-state index is 10.8. The molecule has 0 saturated carbocycles. The van der Waals surface area contributed by atoms with Gasteiger partial charge in [0.2, 0.25) is 11.3 Å². The van der Waals surface area contributed by atoms with E-state index in [1.54, 1.807) is 20.5 Å². The Kier molecular flexibility index (Phi) is 6.46. The fraction of sp³-hybridized carbons (Fsp3) is 0.556. The fourth-order valence-corrected chi connectivity index (χ4v) is 4.08. The Morgan fingerprint density at radius 1 is 1.26 bits per heavy atom. The van der Waals surface area contributed by atoms with Gasteiger partial charge in [0.05, 0.1) is 19.7 Å². The van der Waals surface area contributed by atoms with Gasteiger partial charge in [-0.2, -0.15) is 0 Å². The number of hydrogen-bond donors (Lipinski definition) is 2. The number of rotatable bonds is 7. The normalized spacial score (nSPS) is 17.7.